The summed E-state index contributed by atoms with van der Waals surface area (Å²) in [5, 5.41) is 1.79. The van der Waals surface area contributed by atoms with Gasteiger partial charge in [0, 0.05) is 43.8 Å². The first-order valence-electron chi connectivity index (χ1n) is 9.55. The van der Waals surface area contributed by atoms with Crippen LogP contribution in [0.25, 0.3) is 4.85 Å². The van der Waals surface area contributed by atoms with E-state index in [-0.39, 0.29) is 12.6 Å². The van der Waals surface area contributed by atoms with Crippen molar-refractivity contribution in [1.82, 2.24) is 10.2 Å². The summed E-state index contributed by atoms with van der Waals surface area (Å²) >= 11 is 0. The van der Waals surface area contributed by atoms with Crippen LogP contribution in [0.15, 0.2) is 0 Å². The highest BCUT2D eigenvalue weighted by molar-refractivity contribution is 5.78. The van der Waals surface area contributed by atoms with Crippen LogP contribution in [-0.2, 0) is 4.79 Å². The van der Waals surface area contributed by atoms with Gasteiger partial charge in [-0.3, -0.25) is 9.69 Å². The van der Waals surface area contributed by atoms with Crippen LogP contribution in [0, 0.1) is 6.57 Å². The second-order valence-electron chi connectivity index (χ2n) is 3.93. The Kier molecular flexibility index (Phi) is 1.68. The maximum Gasteiger partial charge on any atom is 0.234 e. The normalized spacial score (nSPS) is 29.8. The van der Waals surface area contributed by atoms with Gasteiger partial charge >= 0.3 is 0 Å². The van der Waals surface area contributed by atoms with E-state index in [0.717, 1.165) is 0 Å². The zero-order valence-electron chi connectivity index (χ0n) is 17.9. The molecule has 0 aromatic heterocycles. The van der Waals surface area contributed by atoms with E-state index in [0.29, 0.717) is 25.9 Å². The number of nitrogens with one attached hydrogen (secondary N) is 1. The standard InChI is InChI=1S/C12H21N3O/c1-12(2,3)14-11(16)9-15-7-5-10(13-4)6-8-15/h10H,5-9H2,1-3H3,(H,14,16)/i1D3,2D3,3D3. The molecule has 1 heterocycles. The molecule has 1 amide bonds. The molecule has 0 radical (unpaired) electrons. The molecule has 16 heavy (non-hydrogen) atoms. The van der Waals surface area contributed by atoms with E-state index in [1.165, 1.54) is 0 Å². The number of amides is 1. The third kappa shape index (κ3) is 4.63. The van der Waals surface area contributed by atoms with Crippen molar-refractivity contribution in [3.63, 3.8) is 0 Å². The predicted octanol–water partition coefficient (Wildman–Crippen LogP) is 1.28. The smallest absolute Gasteiger partial charge is 0.234 e. The topological polar surface area (TPSA) is 36.7 Å². The minimum absolute atomic E-state index is 0.134. The fourth-order valence-electron chi connectivity index (χ4n) is 1.66. The lowest BCUT2D eigenvalue weighted by Gasteiger charge is -2.28. The minimum atomic E-state index is -3.46. The SMILES string of the molecule is [2H]C([2H])([2H])C(NC(=O)CN1CCC([N+]#[C-])CC1)(C([2H])([2H])[2H])C([2H])([2H])[2H]. The van der Waals surface area contributed by atoms with Crippen LogP contribution in [0.4, 0.5) is 0 Å². The van der Waals surface area contributed by atoms with Crippen molar-refractivity contribution in [2.24, 2.45) is 0 Å². The molecule has 1 aliphatic heterocycles. The average molecular weight is 232 g/mol. The largest absolute Gasteiger partial charge is 0.350 e. The van der Waals surface area contributed by atoms with E-state index in [1.807, 2.05) is 0 Å². The zero-order chi connectivity index (χ0) is 19.7. The highest BCUT2D eigenvalue weighted by Gasteiger charge is 2.24. The van der Waals surface area contributed by atoms with Gasteiger partial charge in [0.15, 0.2) is 0 Å². The third-order valence-corrected chi connectivity index (χ3v) is 2.43. The third-order valence-electron chi connectivity index (χ3n) is 2.43. The number of hydrogen-bond donors (Lipinski definition) is 1. The summed E-state index contributed by atoms with van der Waals surface area (Å²) in [4.78, 5) is 17.3. The number of rotatable bonds is 2. The van der Waals surface area contributed by atoms with Crippen molar-refractivity contribution in [2.45, 2.75) is 45.0 Å². The molecule has 0 atom stereocenters. The zero-order valence-corrected chi connectivity index (χ0v) is 8.92. The Morgan fingerprint density at radius 2 is 2.19 bits per heavy atom. The summed E-state index contributed by atoms with van der Waals surface area (Å²) in [6.45, 7) is -2.90. The fraction of sp³-hybridized carbons (Fsp3) is 0.833. The summed E-state index contributed by atoms with van der Waals surface area (Å²) < 4.78 is 67.2. The molecule has 0 unspecified atom stereocenters. The van der Waals surface area contributed by atoms with Gasteiger partial charge in [0.1, 0.15) is 0 Å². The first-order valence-corrected chi connectivity index (χ1v) is 5.05. The highest BCUT2D eigenvalue weighted by atomic mass is 16.2. The molecule has 0 spiro atoms. The van der Waals surface area contributed by atoms with E-state index in [1.54, 1.807) is 10.2 Å². The second-order valence-corrected chi connectivity index (χ2v) is 3.93. The monoisotopic (exact) mass is 232 g/mol. The Labute approximate surface area is 110 Å². The molecule has 0 aromatic carbocycles. The fourth-order valence-corrected chi connectivity index (χ4v) is 1.66. The summed E-state index contributed by atoms with van der Waals surface area (Å²) in [6.07, 6.45) is 1.08. The van der Waals surface area contributed by atoms with Crippen molar-refractivity contribution >= 4 is 5.91 Å². The van der Waals surface area contributed by atoms with Gasteiger partial charge in [0.05, 0.1) is 6.54 Å². The van der Waals surface area contributed by atoms with Gasteiger partial charge in [-0.1, -0.05) is 0 Å². The number of carbonyl (C=O) groups excluding carboxylic acids is 1. The van der Waals surface area contributed by atoms with Gasteiger partial charge in [-0.2, -0.15) is 0 Å². The summed E-state index contributed by atoms with van der Waals surface area (Å²) in [5.41, 5.74) is -3.35. The number of carbonyl (C=O) groups is 1. The molecule has 0 aromatic rings. The molecular weight excluding hydrogens is 202 g/mol. The van der Waals surface area contributed by atoms with E-state index >= 15 is 0 Å². The van der Waals surface area contributed by atoms with Crippen molar-refractivity contribution in [1.29, 1.82) is 0 Å². The van der Waals surface area contributed by atoms with Crippen molar-refractivity contribution in [3.8, 4) is 0 Å². The molecule has 1 aliphatic rings. The lowest BCUT2D eigenvalue weighted by atomic mass is 10.1. The molecule has 1 N–H and O–H groups in total. The number of piperidine rings is 1. The van der Waals surface area contributed by atoms with Gasteiger partial charge in [0.25, 0.3) is 0 Å². The van der Waals surface area contributed by atoms with E-state index in [9.17, 15) is 4.79 Å². The van der Waals surface area contributed by atoms with Gasteiger partial charge in [-0.15, -0.1) is 0 Å². The lowest BCUT2D eigenvalue weighted by Crippen LogP contribution is -2.47. The first kappa shape index (κ1) is 5.05. The Morgan fingerprint density at radius 1 is 1.56 bits per heavy atom. The van der Waals surface area contributed by atoms with E-state index < -0.39 is 32.0 Å². The Balaban J connectivity index is 3.00. The number of hydrogen-bond acceptors (Lipinski definition) is 2. The Hall–Kier alpha value is -1.08. The summed E-state index contributed by atoms with van der Waals surface area (Å²) in [7, 11) is 0. The molecule has 4 heteroatoms. The maximum absolute atomic E-state index is 12.3. The van der Waals surface area contributed by atoms with Gasteiger partial charge in [-0.05, 0) is 20.6 Å². The van der Waals surface area contributed by atoms with Crippen molar-refractivity contribution < 1.29 is 17.1 Å². The first-order chi connectivity index (χ1) is 11.2. The summed E-state index contributed by atoms with van der Waals surface area (Å²) in [5.74, 6) is -0.982. The Bertz CT molecular complexity index is 488. The van der Waals surface area contributed by atoms with Gasteiger partial charge < -0.3 is 10.2 Å². The number of nitrogens with zero attached hydrogens (tertiary/aromatic N) is 2. The molecule has 0 bridgehead atoms. The number of likely N-dealkylation sites (tertiary alicyclic amines) is 1. The molecule has 90 valence electrons. The second kappa shape index (κ2) is 5.31. The van der Waals surface area contributed by atoms with E-state index in [2.05, 4.69) is 4.85 Å². The molecular formula is C12H21N3O. The van der Waals surface area contributed by atoms with Crippen molar-refractivity contribution in [2.75, 3.05) is 19.6 Å². The average Bonchev–Trinajstić information content (AvgIpc) is 2.41. The van der Waals surface area contributed by atoms with Crippen LogP contribution in [0.3, 0.4) is 0 Å². The molecule has 1 fully saturated rings. The highest BCUT2D eigenvalue weighted by Crippen LogP contribution is 2.13. The molecule has 0 saturated carbocycles. The maximum atomic E-state index is 12.3. The predicted molar refractivity (Wildman–Crippen MR) is 64.0 cm³/mol. The van der Waals surface area contributed by atoms with Crippen LogP contribution in [0.5, 0.6) is 0 Å². The molecule has 4 nitrogen and oxygen atoms in total. The van der Waals surface area contributed by atoms with Crippen molar-refractivity contribution in [3.05, 3.63) is 11.4 Å². The van der Waals surface area contributed by atoms with Crippen LogP contribution in [-0.4, -0.2) is 42.0 Å². The molecule has 1 rings (SSSR count). The minimum Gasteiger partial charge on any atom is -0.350 e. The lowest BCUT2D eigenvalue weighted by molar-refractivity contribution is -0.123. The van der Waals surface area contributed by atoms with Crippen LogP contribution in [0.2, 0.25) is 0 Å². The molecule has 0 aliphatic carbocycles. The molecule has 1 saturated heterocycles. The van der Waals surface area contributed by atoms with Crippen LogP contribution < -0.4 is 5.32 Å². The quantitative estimate of drug-likeness (QED) is 0.728. The van der Waals surface area contributed by atoms with E-state index in [4.69, 9.17) is 18.9 Å². The van der Waals surface area contributed by atoms with Crippen LogP contribution >= 0.6 is 0 Å². The summed E-state index contributed by atoms with van der Waals surface area (Å²) in [6, 6.07) is -0.134. The van der Waals surface area contributed by atoms with Gasteiger partial charge in [-0.25, -0.2) is 6.57 Å². The van der Waals surface area contributed by atoms with Crippen LogP contribution in [0.1, 0.15) is 45.7 Å². The van der Waals surface area contributed by atoms with Gasteiger partial charge in [0.2, 0.25) is 11.9 Å². The Morgan fingerprint density at radius 3 is 2.69 bits per heavy atom.